The van der Waals surface area contributed by atoms with Crippen molar-refractivity contribution in [3.8, 4) is 73.2 Å². The fourth-order valence-electron chi connectivity index (χ4n) is 11.2. The zero-order valence-electron chi connectivity index (χ0n) is 43.8. The lowest BCUT2D eigenvalue weighted by molar-refractivity contribution is 0.294. The molecule has 1 unspecified atom stereocenters. The van der Waals surface area contributed by atoms with Crippen molar-refractivity contribution in [1.82, 2.24) is 19.5 Å². The smallest absolute Gasteiger partial charge is 0.164 e. The van der Waals surface area contributed by atoms with Gasteiger partial charge in [-0.05, 0) is 117 Å². The van der Waals surface area contributed by atoms with Crippen LogP contribution >= 0.6 is 0 Å². The van der Waals surface area contributed by atoms with Crippen LogP contribution in [0.1, 0.15) is 59.1 Å². The van der Waals surface area contributed by atoms with Crippen LogP contribution in [0.5, 0.6) is 0 Å². The second-order valence-electron chi connectivity index (χ2n) is 22.5. The van der Waals surface area contributed by atoms with Crippen molar-refractivity contribution in [2.75, 3.05) is 0 Å². The Hall–Kier alpha value is -8.93. The normalized spacial score (nSPS) is 14.0. The minimum atomic E-state index is -0.0318. The van der Waals surface area contributed by atoms with Gasteiger partial charge in [0.15, 0.2) is 17.5 Å². The highest BCUT2D eigenvalue weighted by Crippen LogP contribution is 2.46. The van der Waals surface area contributed by atoms with E-state index in [4.69, 9.17) is 19.4 Å². The Labute approximate surface area is 444 Å². The van der Waals surface area contributed by atoms with Gasteiger partial charge < -0.3 is 8.98 Å². The van der Waals surface area contributed by atoms with Crippen molar-refractivity contribution in [2.45, 2.75) is 53.4 Å². The van der Waals surface area contributed by atoms with E-state index in [0.29, 0.717) is 23.4 Å². The maximum atomic E-state index is 6.43. The molecule has 368 valence electrons. The molecular formula is C71H58N4O. The summed E-state index contributed by atoms with van der Waals surface area (Å²) in [5.41, 5.74) is 18.2. The van der Waals surface area contributed by atoms with Crippen molar-refractivity contribution in [1.29, 1.82) is 0 Å². The van der Waals surface area contributed by atoms with Crippen LogP contribution in [0, 0.1) is 11.3 Å². The third-order valence-electron chi connectivity index (χ3n) is 15.5. The SMILES string of the molecule is CC(C)(C)c1ccc(-c2cc(-c3nc(-c4ccccc4)nc(-c4ccc5c(c4)oc4ccccc45)n3)cc(C3=CCC(C(C)(C)C)C=C3)c2-n2c3ccc(-c4ccccc4)cc3c3cc(-c4ccccc4)ccc32)cc1. The summed E-state index contributed by atoms with van der Waals surface area (Å²) in [7, 11) is 0. The van der Waals surface area contributed by atoms with Gasteiger partial charge in [-0.25, -0.2) is 15.0 Å². The molecule has 0 amide bonds. The topological polar surface area (TPSA) is 56.7 Å². The minimum absolute atomic E-state index is 0.0318. The molecule has 0 aliphatic heterocycles. The molecule has 0 fully saturated rings. The van der Waals surface area contributed by atoms with Gasteiger partial charge in [-0.3, -0.25) is 0 Å². The molecule has 0 radical (unpaired) electrons. The number of hydrogen-bond acceptors (Lipinski definition) is 4. The molecule has 1 aliphatic rings. The Morgan fingerprint density at radius 3 is 1.51 bits per heavy atom. The van der Waals surface area contributed by atoms with Gasteiger partial charge in [-0.15, -0.1) is 0 Å². The molecule has 0 bridgehead atoms. The molecule has 0 saturated carbocycles. The Kier molecular flexibility index (Phi) is 11.4. The maximum absolute atomic E-state index is 6.43. The van der Waals surface area contributed by atoms with Gasteiger partial charge in [0.1, 0.15) is 11.2 Å². The molecule has 0 spiro atoms. The van der Waals surface area contributed by atoms with E-state index in [1.807, 2.05) is 30.3 Å². The predicted octanol–water partition coefficient (Wildman–Crippen LogP) is 19.2. The van der Waals surface area contributed by atoms with Crippen molar-refractivity contribution in [3.05, 3.63) is 236 Å². The van der Waals surface area contributed by atoms with Crippen LogP contribution in [0.2, 0.25) is 0 Å². The summed E-state index contributed by atoms with van der Waals surface area (Å²) in [5.74, 6) is 2.15. The number of rotatable bonds is 8. The first-order chi connectivity index (χ1) is 36.9. The van der Waals surface area contributed by atoms with Crippen molar-refractivity contribution < 1.29 is 4.42 Å². The second kappa shape index (κ2) is 18.5. The van der Waals surface area contributed by atoms with E-state index in [-0.39, 0.29) is 10.8 Å². The van der Waals surface area contributed by atoms with E-state index in [0.717, 1.165) is 84.0 Å². The largest absolute Gasteiger partial charge is 0.456 e. The van der Waals surface area contributed by atoms with Crippen LogP contribution in [-0.4, -0.2) is 19.5 Å². The number of fused-ring (bicyclic) bond motifs is 6. The fourth-order valence-corrected chi connectivity index (χ4v) is 11.2. The van der Waals surface area contributed by atoms with Crippen molar-refractivity contribution >= 4 is 49.3 Å². The number of para-hydroxylation sites is 1. The van der Waals surface area contributed by atoms with Gasteiger partial charge >= 0.3 is 0 Å². The minimum Gasteiger partial charge on any atom is -0.456 e. The molecule has 5 nitrogen and oxygen atoms in total. The van der Waals surface area contributed by atoms with E-state index >= 15 is 0 Å². The molecule has 1 atom stereocenters. The molecule has 3 heterocycles. The summed E-state index contributed by atoms with van der Waals surface area (Å²) in [4.78, 5) is 16.0. The molecule has 5 heteroatoms. The van der Waals surface area contributed by atoms with Crippen LogP contribution in [0.3, 0.4) is 0 Å². The second-order valence-corrected chi connectivity index (χ2v) is 22.5. The van der Waals surface area contributed by atoms with Gasteiger partial charge in [0.05, 0.1) is 16.7 Å². The molecule has 3 aromatic heterocycles. The number of benzene rings is 9. The van der Waals surface area contributed by atoms with Gasteiger partial charge in [0, 0.05) is 49.4 Å². The van der Waals surface area contributed by atoms with E-state index in [2.05, 4.69) is 240 Å². The lowest BCUT2D eigenvalue weighted by Gasteiger charge is -2.30. The fraction of sp³-hybridized carbons (Fsp3) is 0.141. The molecule has 1 aliphatic carbocycles. The highest BCUT2D eigenvalue weighted by Gasteiger charge is 2.28. The first-order valence-electron chi connectivity index (χ1n) is 26.5. The molecule has 0 N–H and O–H groups in total. The molecule has 9 aromatic carbocycles. The van der Waals surface area contributed by atoms with Crippen LogP contribution in [-0.2, 0) is 5.41 Å². The third-order valence-corrected chi connectivity index (χ3v) is 15.5. The summed E-state index contributed by atoms with van der Waals surface area (Å²) < 4.78 is 8.96. The first kappa shape index (κ1) is 46.8. The maximum Gasteiger partial charge on any atom is 0.164 e. The summed E-state index contributed by atoms with van der Waals surface area (Å²) >= 11 is 0. The van der Waals surface area contributed by atoms with Gasteiger partial charge in [0.25, 0.3) is 0 Å². The monoisotopic (exact) mass is 982 g/mol. The highest BCUT2D eigenvalue weighted by atomic mass is 16.3. The number of furan rings is 1. The number of aromatic nitrogens is 4. The highest BCUT2D eigenvalue weighted by molar-refractivity contribution is 6.13. The third kappa shape index (κ3) is 8.52. The summed E-state index contributed by atoms with van der Waals surface area (Å²) in [6, 6.07) is 74.0. The Balaban J connectivity index is 1.11. The van der Waals surface area contributed by atoms with Crippen molar-refractivity contribution in [3.63, 3.8) is 0 Å². The zero-order valence-corrected chi connectivity index (χ0v) is 43.8. The van der Waals surface area contributed by atoms with E-state index in [1.165, 1.54) is 38.6 Å². The van der Waals surface area contributed by atoms with Gasteiger partial charge in [0.2, 0.25) is 0 Å². The summed E-state index contributed by atoms with van der Waals surface area (Å²) in [6.45, 7) is 13.8. The van der Waals surface area contributed by atoms with Crippen LogP contribution in [0.15, 0.2) is 229 Å². The average Bonchev–Trinajstić information content (AvgIpc) is 4.00. The zero-order chi connectivity index (χ0) is 51.7. The van der Waals surface area contributed by atoms with E-state index < -0.39 is 0 Å². The predicted molar refractivity (Wildman–Crippen MR) is 317 cm³/mol. The molecule has 0 saturated heterocycles. The Bertz CT molecular complexity index is 4150. The number of hydrogen-bond donors (Lipinski definition) is 0. The standard InChI is InChI=1S/C71H58N4O/c1-70(2,3)54-33-26-47(27-34-54)58-42-53(69-73-67(49-22-14-9-15-23-49)72-68(74-69)52-30-37-57-56-24-16-17-25-64(56)76-65(57)44-52)43-59(48-28-35-55(36-29-48)71(4,5)6)66(58)75-62-38-31-50(45-18-10-7-11-19-45)40-60(62)61-41-51(32-39-63(61)75)46-20-12-8-13-21-46/h7-35,37-44,55H,36H2,1-6H3. The Morgan fingerprint density at radius 2 is 0.934 bits per heavy atom. The van der Waals surface area contributed by atoms with Crippen LogP contribution in [0.25, 0.3) is 123 Å². The van der Waals surface area contributed by atoms with Crippen LogP contribution < -0.4 is 0 Å². The molecule has 12 aromatic rings. The van der Waals surface area contributed by atoms with E-state index in [9.17, 15) is 0 Å². The summed E-state index contributed by atoms with van der Waals surface area (Å²) in [5, 5.41) is 4.52. The average molecular weight is 983 g/mol. The number of nitrogens with zero attached hydrogens (tertiary/aromatic N) is 4. The number of allylic oxidation sites excluding steroid dienone is 4. The lowest BCUT2D eigenvalue weighted by Crippen LogP contribution is -2.19. The van der Waals surface area contributed by atoms with Crippen LogP contribution in [0.4, 0.5) is 0 Å². The molecular weight excluding hydrogens is 925 g/mol. The Morgan fingerprint density at radius 1 is 0.421 bits per heavy atom. The first-order valence-corrected chi connectivity index (χ1v) is 26.5. The quantitative estimate of drug-likeness (QED) is 0.152. The molecule has 76 heavy (non-hydrogen) atoms. The lowest BCUT2D eigenvalue weighted by atomic mass is 9.75. The van der Waals surface area contributed by atoms with Gasteiger partial charge in [-0.2, -0.15) is 0 Å². The summed E-state index contributed by atoms with van der Waals surface area (Å²) in [6.07, 6.45) is 8.16. The van der Waals surface area contributed by atoms with Gasteiger partial charge in [-0.1, -0.05) is 211 Å². The van der Waals surface area contributed by atoms with E-state index in [1.54, 1.807) is 0 Å². The molecule has 13 rings (SSSR count). The van der Waals surface area contributed by atoms with Crippen molar-refractivity contribution in [2.24, 2.45) is 11.3 Å².